The Morgan fingerprint density at radius 3 is 2.33 bits per heavy atom. The predicted octanol–water partition coefficient (Wildman–Crippen LogP) is 7.36. The molecule has 4 heteroatoms. The van der Waals surface area contributed by atoms with Gasteiger partial charge >= 0.3 is 0 Å². The first kappa shape index (κ1) is 23.8. The molecule has 0 bridgehead atoms. The van der Waals surface area contributed by atoms with Crippen molar-refractivity contribution in [2.75, 3.05) is 6.66 Å². The molecule has 0 amide bonds. The zero-order valence-corrected chi connectivity index (χ0v) is 19.3. The van der Waals surface area contributed by atoms with Gasteiger partial charge in [0.1, 0.15) is 11.8 Å². The van der Waals surface area contributed by atoms with Crippen LogP contribution in [0.5, 0.6) is 0 Å². The van der Waals surface area contributed by atoms with Gasteiger partial charge in [-0.3, -0.25) is 0 Å². The fourth-order valence-corrected chi connectivity index (χ4v) is 3.78. The Hall–Kier alpha value is -2.43. The van der Waals surface area contributed by atoms with Crippen molar-refractivity contribution in [3.63, 3.8) is 0 Å². The standard InChI is InChI=1S/C26H30F2NP/c1-7-23(27)20-13-19(15-22(16-20)26(4,5)28)10-9-18-11-17(3)12-21(14-18)25(29)24(8-2)30-6/h2,9-16,23,30H,7,29H2,1,3-6H3/b10-9+,25-24-. The Balaban J connectivity index is 2.49. The average Bonchev–Trinajstić information content (AvgIpc) is 2.71. The summed E-state index contributed by atoms with van der Waals surface area (Å²) in [6, 6.07) is 11.2. The highest BCUT2D eigenvalue weighted by Crippen LogP contribution is 2.32. The fraction of sp³-hybridized carbons (Fsp3) is 0.308. The molecule has 0 aliphatic carbocycles. The number of allylic oxidation sites excluding steroid dienone is 1. The van der Waals surface area contributed by atoms with Gasteiger partial charge in [-0.25, -0.2) is 8.78 Å². The normalized spacial score (nSPS) is 14.2. The van der Waals surface area contributed by atoms with Gasteiger partial charge in [-0.2, -0.15) is 0 Å². The molecule has 2 aromatic carbocycles. The van der Waals surface area contributed by atoms with Gasteiger partial charge in [0.25, 0.3) is 0 Å². The number of terminal acetylenes is 1. The third-order valence-electron chi connectivity index (χ3n) is 4.93. The molecule has 0 radical (unpaired) electrons. The molecule has 2 rings (SSSR count). The minimum Gasteiger partial charge on any atom is -0.397 e. The van der Waals surface area contributed by atoms with Crippen LogP contribution in [-0.2, 0) is 5.67 Å². The second-order valence-electron chi connectivity index (χ2n) is 7.89. The maximum atomic E-state index is 14.6. The van der Waals surface area contributed by atoms with Gasteiger partial charge in [-0.05, 0) is 97.6 Å². The first-order chi connectivity index (χ1) is 14.1. The topological polar surface area (TPSA) is 26.0 Å². The number of nitrogens with two attached hydrogens (primary N) is 1. The van der Waals surface area contributed by atoms with E-state index in [1.165, 1.54) is 13.8 Å². The highest BCUT2D eigenvalue weighted by Gasteiger charge is 2.21. The van der Waals surface area contributed by atoms with Crippen molar-refractivity contribution in [1.29, 1.82) is 0 Å². The largest absolute Gasteiger partial charge is 0.397 e. The minimum atomic E-state index is -1.55. The fourth-order valence-electron chi connectivity index (χ4n) is 3.22. The number of benzene rings is 2. The van der Waals surface area contributed by atoms with Crippen molar-refractivity contribution in [2.45, 2.75) is 46.0 Å². The van der Waals surface area contributed by atoms with Crippen molar-refractivity contribution < 1.29 is 8.78 Å². The molecule has 0 saturated carbocycles. The second kappa shape index (κ2) is 10.1. The average molecular weight is 426 g/mol. The minimum absolute atomic E-state index is 0.349. The predicted molar refractivity (Wildman–Crippen MR) is 129 cm³/mol. The van der Waals surface area contributed by atoms with Gasteiger partial charge < -0.3 is 5.73 Å². The SMILES string of the molecule is C#C/C(PC)=C(/N)c1cc(C)cc(/C=C/c2cc(C(F)CC)cc(C(C)(C)F)c2)c1. The van der Waals surface area contributed by atoms with Crippen molar-refractivity contribution in [2.24, 2.45) is 5.73 Å². The van der Waals surface area contributed by atoms with Crippen molar-refractivity contribution >= 4 is 26.4 Å². The Morgan fingerprint density at radius 2 is 1.80 bits per heavy atom. The lowest BCUT2D eigenvalue weighted by Gasteiger charge is -2.18. The molecule has 0 spiro atoms. The lowest BCUT2D eigenvalue weighted by Crippen LogP contribution is -2.10. The van der Waals surface area contributed by atoms with E-state index in [1.54, 1.807) is 25.1 Å². The third-order valence-corrected chi connectivity index (χ3v) is 5.84. The maximum absolute atomic E-state index is 14.6. The van der Waals surface area contributed by atoms with Crippen LogP contribution in [0.3, 0.4) is 0 Å². The summed E-state index contributed by atoms with van der Waals surface area (Å²) < 4.78 is 28.9. The summed E-state index contributed by atoms with van der Waals surface area (Å²) in [7, 11) is 0.445. The van der Waals surface area contributed by atoms with E-state index in [0.29, 0.717) is 31.8 Å². The second-order valence-corrected chi connectivity index (χ2v) is 8.89. The van der Waals surface area contributed by atoms with Gasteiger partial charge in [0.05, 0.1) is 5.70 Å². The molecule has 0 fully saturated rings. The van der Waals surface area contributed by atoms with Gasteiger partial charge in [0.2, 0.25) is 0 Å². The number of hydrogen-bond donors (Lipinski definition) is 1. The lowest BCUT2D eigenvalue weighted by atomic mass is 9.93. The molecule has 2 atom stereocenters. The van der Waals surface area contributed by atoms with Crippen LogP contribution in [0.2, 0.25) is 0 Å². The Bertz CT molecular complexity index is 1010. The van der Waals surface area contributed by atoms with E-state index in [2.05, 4.69) is 5.92 Å². The Morgan fingerprint density at radius 1 is 1.17 bits per heavy atom. The van der Waals surface area contributed by atoms with E-state index in [4.69, 9.17) is 12.2 Å². The van der Waals surface area contributed by atoms with Crippen molar-refractivity contribution in [3.05, 3.63) is 75.1 Å². The number of hydrogen-bond acceptors (Lipinski definition) is 1. The van der Waals surface area contributed by atoms with E-state index >= 15 is 0 Å². The summed E-state index contributed by atoms with van der Waals surface area (Å²) in [4.78, 5) is 0. The molecular formula is C26H30F2NP. The van der Waals surface area contributed by atoms with E-state index in [0.717, 1.165) is 27.6 Å². The summed E-state index contributed by atoms with van der Waals surface area (Å²) in [6.45, 7) is 8.75. The quantitative estimate of drug-likeness (QED) is 0.280. The summed E-state index contributed by atoms with van der Waals surface area (Å²) in [5, 5.41) is 0.798. The lowest BCUT2D eigenvalue weighted by molar-refractivity contribution is 0.220. The molecule has 2 N–H and O–H groups in total. The number of alkyl halides is 2. The molecule has 2 aromatic rings. The first-order valence-electron chi connectivity index (χ1n) is 10.0. The molecular weight excluding hydrogens is 395 g/mol. The maximum Gasteiger partial charge on any atom is 0.130 e. The summed E-state index contributed by atoms with van der Waals surface area (Å²) in [6.07, 6.45) is 8.62. The van der Waals surface area contributed by atoms with E-state index in [1.807, 2.05) is 43.9 Å². The number of rotatable bonds is 7. The molecule has 0 aliphatic heterocycles. The monoisotopic (exact) mass is 425 g/mol. The van der Waals surface area contributed by atoms with Crippen LogP contribution in [0.1, 0.15) is 66.7 Å². The van der Waals surface area contributed by atoms with E-state index < -0.39 is 11.8 Å². The molecule has 0 saturated heterocycles. The third kappa shape index (κ3) is 6.04. The van der Waals surface area contributed by atoms with Crippen LogP contribution in [0, 0.1) is 19.3 Å². The van der Waals surface area contributed by atoms with Crippen LogP contribution < -0.4 is 5.73 Å². The van der Waals surface area contributed by atoms with Gasteiger partial charge in [-0.1, -0.05) is 39.6 Å². The highest BCUT2D eigenvalue weighted by atomic mass is 31.1. The summed E-state index contributed by atoms with van der Waals surface area (Å²) >= 11 is 0. The van der Waals surface area contributed by atoms with E-state index in [9.17, 15) is 8.78 Å². The zero-order valence-electron chi connectivity index (χ0n) is 18.3. The van der Waals surface area contributed by atoms with Crippen LogP contribution in [-0.4, -0.2) is 6.66 Å². The van der Waals surface area contributed by atoms with Gasteiger partial charge in [-0.15, -0.1) is 6.42 Å². The van der Waals surface area contributed by atoms with Crippen LogP contribution >= 0.6 is 8.58 Å². The molecule has 0 heterocycles. The summed E-state index contributed by atoms with van der Waals surface area (Å²) in [5.41, 5.74) is 9.96. The molecule has 30 heavy (non-hydrogen) atoms. The van der Waals surface area contributed by atoms with Crippen LogP contribution in [0.15, 0.2) is 41.7 Å². The Kier molecular flexibility index (Phi) is 7.99. The van der Waals surface area contributed by atoms with Gasteiger partial charge in [0, 0.05) is 5.31 Å². The van der Waals surface area contributed by atoms with Crippen molar-refractivity contribution in [1.82, 2.24) is 0 Å². The highest BCUT2D eigenvalue weighted by molar-refractivity contribution is 7.43. The summed E-state index contributed by atoms with van der Waals surface area (Å²) in [5.74, 6) is 2.67. The van der Waals surface area contributed by atoms with Crippen LogP contribution in [0.25, 0.3) is 17.8 Å². The number of halogens is 2. The first-order valence-corrected chi connectivity index (χ1v) is 11.5. The van der Waals surface area contributed by atoms with E-state index in [-0.39, 0.29) is 0 Å². The molecule has 2 unspecified atom stereocenters. The van der Waals surface area contributed by atoms with Gasteiger partial charge in [0.15, 0.2) is 0 Å². The zero-order chi connectivity index (χ0) is 22.5. The molecule has 0 aliphatic rings. The Labute approximate surface area is 181 Å². The van der Waals surface area contributed by atoms with Crippen molar-refractivity contribution in [3.8, 4) is 12.3 Å². The molecule has 158 valence electrons. The number of aryl methyl sites for hydroxylation is 1. The molecule has 1 nitrogen and oxygen atoms in total. The smallest absolute Gasteiger partial charge is 0.130 e. The molecule has 0 aromatic heterocycles. The van der Waals surface area contributed by atoms with Crippen LogP contribution in [0.4, 0.5) is 8.78 Å².